The van der Waals surface area contributed by atoms with E-state index in [0.29, 0.717) is 16.7 Å². The summed E-state index contributed by atoms with van der Waals surface area (Å²) in [6.45, 7) is 4.10. The number of aryl methyl sites for hydroxylation is 2. The number of fused-ring (bicyclic) bond motifs is 1. The van der Waals surface area contributed by atoms with Crippen molar-refractivity contribution in [3.63, 3.8) is 0 Å². The minimum atomic E-state index is 0.304. The standard InChI is InChI=1S/C22H17N3O/c1-14-6-10-16(11-7-14)20-21(17-12-8-15(2)9-13-17)24-22-18(23-20)4-3-5-19(22)25-26/h3-13H,1-2H3. The van der Waals surface area contributed by atoms with Crippen molar-refractivity contribution in [1.82, 2.24) is 9.97 Å². The lowest BCUT2D eigenvalue weighted by molar-refractivity contribution is 1.28. The molecule has 0 bridgehead atoms. The third kappa shape index (κ3) is 2.86. The zero-order valence-electron chi connectivity index (χ0n) is 14.6. The summed E-state index contributed by atoms with van der Waals surface area (Å²) in [4.78, 5) is 20.8. The molecule has 126 valence electrons. The van der Waals surface area contributed by atoms with Crippen molar-refractivity contribution >= 4 is 16.7 Å². The van der Waals surface area contributed by atoms with Gasteiger partial charge in [-0.2, -0.15) is 0 Å². The van der Waals surface area contributed by atoms with Crippen LogP contribution < -0.4 is 0 Å². The van der Waals surface area contributed by atoms with Crippen LogP contribution in [0.25, 0.3) is 33.5 Å². The van der Waals surface area contributed by atoms with Gasteiger partial charge in [0.15, 0.2) is 0 Å². The molecule has 0 N–H and O–H groups in total. The minimum Gasteiger partial charge on any atom is -0.244 e. The average Bonchev–Trinajstić information content (AvgIpc) is 2.68. The van der Waals surface area contributed by atoms with Crippen molar-refractivity contribution in [3.8, 4) is 22.5 Å². The molecule has 1 heterocycles. The molecule has 0 saturated carbocycles. The highest BCUT2D eigenvalue weighted by molar-refractivity contribution is 5.91. The molecule has 4 aromatic rings. The maximum Gasteiger partial charge on any atom is 0.135 e. The molecule has 1 aromatic heterocycles. The highest BCUT2D eigenvalue weighted by Crippen LogP contribution is 2.33. The van der Waals surface area contributed by atoms with E-state index in [4.69, 9.17) is 9.97 Å². The van der Waals surface area contributed by atoms with E-state index in [1.165, 1.54) is 11.1 Å². The maximum atomic E-state index is 11.2. The second-order valence-electron chi connectivity index (χ2n) is 6.39. The Bertz CT molecular complexity index is 1100. The fourth-order valence-corrected chi connectivity index (χ4v) is 2.96. The molecule has 0 aliphatic heterocycles. The Morgan fingerprint density at radius 3 is 1.77 bits per heavy atom. The number of rotatable bonds is 3. The second kappa shape index (κ2) is 6.48. The molecule has 0 amide bonds. The number of para-hydroxylation sites is 1. The van der Waals surface area contributed by atoms with E-state index in [0.717, 1.165) is 22.5 Å². The van der Waals surface area contributed by atoms with E-state index in [2.05, 4.69) is 24.2 Å². The first-order valence-corrected chi connectivity index (χ1v) is 8.44. The molecule has 0 saturated heterocycles. The summed E-state index contributed by atoms with van der Waals surface area (Å²) in [7, 11) is 0. The van der Waals surface area contributed by atoms with Crippen molar-refractivity contribution in [2.75, 3.05) is 0 Å². The SMILES string of the molecule is Cc1ccc(-c2nc3cccc(N=O)c3nc2-c2ccc(C)cc2)cc1. The Kier molecular flexibility index (Phi) is 4.01. The van der Waals surface area contributed by atoms with Crippen LogP contribution >= 0.6 is 0 Å². The van der Waals surface area contributed by atoms with Crippen molar-refractivity contribution in [2.24, 2.45) is 5.18 Å². The Balaban J connectivity index is 2.04. The van der Waals surface area contributed by atoms with Crippen LogP contribution in [0.15, 0.2) is 71.9 Å². The minimum absolute atomic E-state index is 0.304. The highest BCUT2D eigenvalue weighted by atomic mass is 16.3. The molecule has 4 nitrogen and oxygen atoms in total. The molecule has 0 fully saturated rings. The van der Waals surface area contributed by atoms with Gasteiger partial charge in [-0.25, -0.2) is 9.97 Å². The fourth-order valence-electron chi connectivity index (χ4n) is 2.96. The summed E-state index contributed by atoms with van der Waals surface area (Å²) in [6, 6.07) is 21.6. The first-order chi connectivity index (χ1) is 12.7. The van der Waals surface area contributed by atoms with Gasteiger partial charge in [-0.05, 0) is 31.2 Å². The number of hydrogen-bond donors (Lipinski definition) is 0. The van der Waals surface area contributed by atoms with Gasteiger partial charge in [0, 0.05) is 11.1 Å². The summed E-state index contributed by atoms with van der Waals surface area (Å²) in [6.07, 6.45) is 0. The van der Waals surface area contributed by atoms with Crippen LogP contribution in [-0.4, -0.2) is 9.97 Å². The molecular formula is C22H17N3O. The van der Waals surface area contributed by atoms with Gasteiger partial charge in [0.25, 0.3) is 0 Å². The third-order valence-electron chi connectivity index (χ3n) is 4.42. The van der Waals surface area contributed by atoms with Crippen LogP contribution in [0, 0.1) is 18.8 Å². The number of nitroso groups, excluding NO2 is 1. The highest BCUT2D eigenvalue weighted by Gasteiger charge is 2.15. The predicted molar refractivity (Wildman–Crippen MR) is 105 cm³/mol. The van der Waals surface area contributed by atoms with Gasteiger partial charge < -0.3 is 0 Å². The van der Waals surface area contributed by atoms with Gasteiger partial charge in [0.1, 0.15) is 11.2 Å². The van der Waals surface area contributed by atoms with Gasteiger partial charge in [0.2, 0.25) is 0 Å². The van der Waals surface area contributed by atoms with Crippen LogP contribution in [0.3, 0.4) is 0 Å². The molecule has 0 radical (unpaired) electrons. The first-order valence-electron chi connectivity index (χ1n) is 8.44. The molecule has 0 spiro atoms. The maximum absolute atomic E-state index is 11.2. The first kappa shape index (κ1) is 16.1. The number of aromatic nitrogens is 2. The molecule has 4 rings (SSSR count). The van der Waals surface area contributed by atoms with Crippen molar-refractivity contribution in [1.29, 1.82) is 0 Å². The topological polar surface area (TPSA) is 55.2 Å². The number of hydrogen-bond acceptors (Lipinski definition) is 4. The number of nitrogens with zero attached hydrogens (tertiary/aromatic N) is 3. The zero-order valence-corrected chi connectivity index (χ0v) is 14.6. The normalized spacial score (nSPS) is 10.8. The van der Waals surface area contributed by atoms with Crippen molar-refractivity contribution in [2.45, 2.75) is 13.8 Å². The van der Waals surface area contributed by atoms with Gasteiger partial charge in [-0.15, -0.1) is 4.91 Å². The van der Waals surface area contributed by atoms with Crippen molar-refractivity contribution < 1.29 is 0 Å². The second-order valence-corrected chi connectivity index (χ2v) is 6.39. The van der Waals surface area contributed by atoms with E-state index in [-0.39, 0.29) is 0 Å². The molecular weight excluding hydrogens is 322 g/mol. The average molecular weight is 339 g/mol. The largest absolute Gasteiger partial charge is 0.244 e. The van der Waals surface area contributed by atoms with Gasteiger partial charge in [0.05, 0.1) is 16.9 Å². The van der Waals surface area contributed by atoms with E-state index >= 15 is 0 Å². The van der Waals surface area contributed by atoms with Crippen LogP contribution in [-0.2, 0) is 0 Å². The van der Waals surface area contributed by atoms with E-state index < -0.39 is 0 Å². The van der Waals surface area contributed by atoms with E-state index in [1.807, 2.05) is 49.4 Å². The fraction of sp³-hybridized carbons (Fsp3) is 0.0909. The van der Waals surface area contributed by atoms with Crippen molar-refractivity contribution in [3.05, 3.63) is 82.8 Å². The van der Waals surface area contributed by atoms with Crippen LogP contribution in [0.1, 0.15) is 11.1 Å². The molecule has 0 atom stereocenters. The third-order valence-corrected chi connectivity index (χ3v) is 4.42. The Labute approximate surface area is 151 Å². The monoisotopic (exact) mass is 339 g/mol. The summed E-state index contributed by atoms with van der Waals surface area (Å²) in [5, 5.41) is 3.11. The smallest absolute Gasteiger partial charge is 0.135 e. The summed E-state index contributed by atoms with van der Waals surface area (Å²) in [5.74, 6) is 0. The number of benzene rings is 3. The Morgan fingerprint density at radius 1 is 0.692 bits per heavy atom. The Morgan fingerprint density at radius 2 is 1.23 bits per heavy atom. The summed E-state index contributed by atoms with van der Waals surface area (Å²) < 4.78 is 0. The lowest BCUT2D eigenvalue weighted by Crippen LogP contribution is -1.96. The Hall–Kier alpha value is -3.40. The lowest BCUT2D eigenvalue weighted by Gasteiger charge is -2.11. The van der Waals surface area contributed by atoms with Gasteiger partial charge in [-0.1, -0.05) is 65.7 Å². The molecule has 0 aliphatic carbocycles. The predicted octanol–water partition coefficient (Wildman–Crippen LogP) is 5.98. The lowest BCUT2D eigenvalue weighted by atomic mass is 10.0. The zero-order chi connectivity index (χ0) is 18.1. The molecule has 3 aromatic carbocycles. The quantitative estimate of drug-likeness (QED) is 0.431. The van der Waals surface area contributed by atoms with E-state index in [1.54, 1.807) is 12.1 Å². The molecule has 26 heavy (non-hydrogen) atoms. The molecule has 0 unspecified atom stereocenters. The molecule has 0 aliphatic rings. The summed E-state index contributed by atoms with van der Waals surface area (Å²) >= 11 is 0. The van der Waals surface area contributed by atoms with Gasteiger partial charge >= 0.3 is 0 Å². The summed E-state index contributed by atoms with van der Waals surface area (Å²) in [5.41, 5.74) is 7.34. The molecule has 4 heteroatoms. The van der Waals surface area contributed by atoms with Crippen LogP contribution in [0.5, 0.6) is 0 Å². The van der Waals surface area contributed by atoms with Crippen LogP contribution in [0.2, 0.25) is 0 Å². The van der Waals surface area contributed by atoms with E-state index in [9.17, 15) is 4.91 Å². The van der Waals surface area contributed by atoms with Gasteiger partial charge in [-0.3, -0.25) is 0 Å². The van der Waals surface area contributed by atoms with Crippen LogP contribution in [0.4, 0.5) is 5.69 Å².